The van der Waals surface area contributed by atoms with Crippen LogP contribution in [0.5, 0.6) is 0 Å². The van der Waals surface area contributed by atoms with E-state index in [9.17, 15) is 4.21 Å². The predicted molar refractivity (Wildman–Crippen MR) is 73.5 cm³/mol. The van der Waals surface area contributed by atoms with Crippen LogP contribution in [0.2, 0.25) is 0 Å². The minimum Gasteiger partial charge on any atom is -0.312 e. The summed E-state index contributed by atoms with van der Waals surface area (Å²) in [7, 11) is -0.693. The van der Waals surface area contributed by atoms with Crippen LogP contribution in [-0.2, 0) is 23.8 Å². The summed E-state index contributed by atoms with van der Waals surface area (Å²) in [5, 5.41) is 3.69. The Morgan fingerprint density at radius 3 is 2.69 bits per heavy atom. The van der Waals surface area contributed by atoms with Crippen molar-refractivity contribution in [2.24, 2.45) is 0 Å². The standard InChI is InChI=1S/C12H21NOS2/c1-4-11-5-6-12(15-11)9-13-8-7-10(2)16(3)14/h5-6,10,13H,4,7-9H2,1-3H3. The Balaban J connectivity index is 2.18. The minimum absolute atomic E-state index is 0.294. The van der Waals surface area contributed by atoms with Crippen molar-refractivity contribution in [2.45, 2.75) is 38.5 Å². The Labute approximate surface area is 105 Å². The molecule has 1 aromatic rings. The molecule has 92 valence electrons. The molecule has 1 aromatic heterocycles. The van der Waals surface area contributed by atoms with Crippen LogP contribution in [-0.4, -0.2) is 22.3 Å². The van der Waals surface area contributed by atoms with Gasteiger partial charge in [-0.15, -0.1) is 11.3 Å². The van der Waals surface area contributed by atoms with Gasteiger partial charge in [0.2, 0.25) is 0 Å². The Morgan fingerprint density at radius 2 is 2.12 bits per heavy atom. The maximum atomic E-state index is 11.1. The van der Waals surface area contributed by atoms with Crippen LogP contribution in [0, 0.1) is 0 Å². The fraction of sp³-hybridized carbons (Fsp3) is 0.667. The van der Waals surface area contributed by atoms with Gasteiger partial charge >= 0.3 is 0 Å². The van der Waals surface area contributed by atoms with Crippen LogP contribution in [0.1, 0.15) is 30.0 Å². The fourth-order valence-electron chi connectivity index (χ4n) is 1.39. The average molecular weight is 259 g/mol. The molecule has 0 amide bonds. The molecule has 0 fully saturated rings. The van der Waals surface area contributed by atoms with Crippen molar-refractivity contribution in [1.29, 1.82) is 0 Å². The average Bonchev–Trinajstić information content (AvgIpc) is 2.71. The van der Waals surface area contributed by atoms with E-state index in [1.807, 2.05) is 18.3 Å². The summed E-state index contributed by atoms with van der Waals surface area (Å²) in [6.07, 6.45) is 3.88. The van der Waals surface area contributed by atoms with Crippen molar-refractivity contribution in [3.8, 4) is 0 Å². The summed E-state index contributed by atoms with van der Waals surface area (Å²) >= 11 is 1.88. The van der Waals surface area contributed by atoms with E-state index in [-0.39, 0.29) is 0 Å². The lowest BCUT2D eigenvalue weighted by molar-refractivity contribution is 0.632. The van der Waals surface area contributed by atoms with Crippen LogP contribution in [0.4, 0.5) is 0 Å². The van der Waals surface area contributed by atoms with Crippen LogP contribution in [0.15, 0.2) is 12.1 Å². The van der Waals surface area contributed by atoms with E-state index in [4.69, 9.17) is 0 Å². The van der Waals surface area contributed by atoms with E-state index in [1.54, 1.807) is 6.26 Å². The molecule has 2 atom stereocenters. The third kappa shape index (κ3) is 4.76. The van der Waals surface area contributed by atoms with Crippen molar-refractivity contribution < 1.29 is 4.21 Å². The van der Waals surface area contributed by atoms with Crippen LogP contribution >= 0.6 is 11.3 Å². The Hall–Kier alpha value is -0.190. The maximum Gasteiger partial charge on any atom is 0.0329 e. The molecule has 0 radical (unpaired) electrons. The number of thiophene rings is 1. The molecular formula is C12H21NOS2. The quantitative estimate of drug-likeness (QED) is 0.763. The zero-order valence-electron chi connectivity index (χ0n) is 10.3. The Morgan fingerprint density at radius 1 is 1.44 bits per heavy atom. The van der Waals surface area contributed by atoms with Crippen molar-refractivity contribution in [3.05, 3.63) is 21.9 Å². The number of hydrogen-bond acceptors (Lipinski definition) is 3. The molecule has 0 spiro atoms. The number of nitrogens with one attached hydrogen (secondary N) is 1. The first-order valence-electron chi connectivity index (χ1n) is 5.74. The van der Waals surface area contributed by atoms with Gasteiger partial charge in [-0.1, -0.05) is 13.8 Å². The lowest BCUT2D eigenvalue weighted by Gasteiger charge is -2.08. The molecule has 4 heteroatoms. The van der Waals surface area contributed by atoms with Crippen molar-refractivity contribution >= 4 is 22.1 Å². The molecule has 16 heavy (non-hydrogen) atoms. The molecule has 2 unspecified atom stereocenters. The third-order valence-electron chi connectivity index (χ3n) is 2.66. The molecule has 0 aliphatic carbocycles. The molecular weight excluding hydrogens is 238 g/mol. The summed E-state index contributed by atoms with van der Waals surface area (Å²) < 4.78 is 11.1. The van der Waals surface area contributed by atoms with E-state index in [0.717, 1.165) is 25.9 Å². The zero-order chi connectivity index (χ0) is 12.0. The summed E-state index contributed by atoms with van der Waals surface area (Å²) in [5.41, 5.74) is 0. The summed E-state index contributed by atoms with van der Waals surface area (Å²) in [5.74, 6) is 0. The second-order valence-corrected chi connectivity index (χ2v) is 7.05. The van der Waals surface area contributed by atoms with Gasteiger partial charge in [-0.2, -0.15) is 0 Å². The second kappa shape index (κ2) is 7.20. The Kier molecular flexibility index (Phi) is 6.24. The summed E-state index contributed by atoms with van der Waals surface area (Å²) in [6, 6.07) is 4.39. The monoisotopic (exact) mass is 259 g/mol. The number of hydrogen-bond donors (Lipinski definition) is 1. The number of aryl methyl sites for hydroxylation is 1. The molecule has 0 saturated carbocycles. The highest BCUT2D eigenvalue weighted by Crippen LogP contribution is 2.16. The first kappa shape index (κ1) is 13.9. The SMILES string of the molecule is CCc1ccc(CNCCC(C)S(C)=O)s1. The highest BCUT2D eigenvalue weighted by molar-refractivity contribution is 7.84. The van der Waals surface area contributed by atoms with Crippen LogP contribution in [0.3, 0.4) is 0 Å². The van der Waals surface area contributed by atoms with Gasteiger partial charge in [-0.05, 0) is 31.5 Å². The molecule has 1 rings (SSSR count). The lowest BCUT2D eigenvalue weighted by atomic mass is 10.3. The van der Waals surface area contributed by atoms with Gasteiger partial charge in [-0.3, -0.25) is 4.21 Å². The lowest BCUT2D eigenvalue weighted by Crippen LogP contribution is -2.20. The molecule has 0 aliphatic heterocycles. The van der Waals surface area contributed by atoms with E-state index < -0.39 is 10.8 Å². The second-order valence-electron chi connectivity index (χ2n) is 4.00. The van der Waals surface area contributed by atoms with Gasteiger partial charge in [0.25, 0.3) is 0 Å². The first-order valence-corrected chi connectivity index (χ1v) is 8.17. The molecule has 2 nitrogen and oxygen atoms in total. The molecule has 0 aromatic carbocycles. The van der Waals surface area contributed by atoms with Gasteiger partial charge < -0.3 is 5.32 Å². The highest BCUT2D eigenvalue weighted by atomic mass is 32.2. The molecule has 0 aliphatic rings. The van der Waals surface area contributed by atoms with Crippen LogP contribution < -0.4 is 5.32 Å². The van der Waals surface area contributed by atoms with E-state index in [0.29, 0.717) is 5.25 Å². The summed E-state index contributed by atoms with van der Waals surface area (Å²) in [4.78, 5) is 2.84. The van der Waals surface area contributed by atoms with Gasteiger partial charge in [0.1, 0.15) is 0 Å². The van der Waals surface area contributed by atoms with E-state index in [1.165, 1.54) is 9.75 Å². The van der Waals surface area contributed by atoms with Gasteiger partial charge in [0, 0.05) is 38.6 Å². The van der Waals surface area contributed by atoms with Crippen LogP contribution in [0.25, 0.3) is 0 Å². The van der Waals surface area contributed by atoms with E-state index >= 15 is 0 Å². The van der Waals surface area contributed by atoms with Gasteiger partial charge in [-0.25, -0.2) is 0 Å². The highest BCUT2D eigenvalue weighted by Gasteiger charge is 2.05. The van der Waals surface area contributed by atoms with E-state index in [2.05, 4.69) is 24.4 Å². The van der Waals surface area contributed by atoms with Gasteiger partial charge in [0.05, 0.1) is 0 Å². The Bertz CT molecular complexity index is 336. The molecule has 1 N–H and O–H groups in total. The smallest absolute Gasteiger partial charge is 0.0329 e. The minimum atomic E-state index is -0.693. The maximum absolute atomic E-state index is 11.1. The largest absolute Gasteiger partial charge is 0.312 e. The van der Waals surface area contributed by atoms with Crippen molar-refractivity contribution in [3.63, 3.8) is 0 Å². The van der Waals surface area contributed by atoms with Crippen molar-refractivity contribution in [2.75, 3.05) is 12.8 Å². The summed E-state index contributed by atoms with van der Waals surface area (Å²) in [6.45, 7) is 6.10. The first-order chi connectivity index (χ1) is 7.63. The molecule has 1 heterocycles. The topological polar surface area (TPSA) is 29.1 Å². The van der Waals surface area contributed by atoms with Crippen molar-refractivity contribution in [1.82, 2.24) is 5.32 Å². The number of rotatable bonds is 7. The normalized spacial score (nSPS) is 14.9. The third-order valence-corrected chi connectivity index (χ3v) is 5.26. The fourth-order valence-corrected chi connectivity index (χ4v) is 2.77. The molecule has 0 saturated heterocycles. The molecule has 0 bridgehead atoms. The predicted octanol–water partition coefficient (Wildman–Crippen LogP) is 2.56. The zero-order valence-corrected chi connectivity index (χ0v) is 11.9. The van der Waals surface area contributed by atoms with Gasteiger partial charge in [0.15, 0.2) is 0 Å².